The van der Waals surface area contributed by atoms with Gasteiger partial charge in [0.25, 0.3) is 11.1 Å². The van der Waals surface area contributed by atoms with Gasteiger partial charge in [0.05, 0.1) is 12.1 Å². The number of nitrogens with one attached hydrogen (secondary N) is 1. The number of thiazole rings is 1. The van der Waals surface area contributed by atoms with E-state index in [0.29, 0.717) is 17.3 Å². The molecule has 166 valence electrons. The fraction of sp³-hybridized carbons (Fsp3) is 0.192. The first-order valence-electron chi connectivity index (χ1n) is 10.8. The summed E-state index contributed by atoms with van der Waals surface area (Å²) < 4.78 is 12.2. The average Bonchev–Trinajstić information content (AvgIpc) is 3.30. The zero-order valence-electron chi connectivity index (χ0n) is 18.2. The number of nitrogens with zero attached hydrogens (tertiary/aromatic N) is 2. The van der Waals surface area contributed by atoms with E-state index in [1.165, 1.54) is 16.9 Å². The lowest BCUT2D eigenvalue weighted by molar-refractivity contribution is 0.0951. The third kappa shape index (κ3) is 5.04. The van der Waals surface area contributed by atoms with Crippen molar-refractivity contribution in [3.8, 4) is 16.7 Å². The zero-order valence-corrected chi connectivity index (χ0v) is 19.0. The highest BCUT2D eigenvalue weighted by Crippen LogP contribution is 2.38. The largest absolute Gasteiger partial charge is 0.485 e. The van der Waals surface area contributed by atoms with Gasteiger partial charge in [0, 0.05) is 23.0 Å². The predicted molar refractivity (Wildman–Crippen MR) is 127 cm³/mol. The molecule has 1 amide bonds. The summed E-state index contributed by atoms with van der Waals surface area (Å²) in [6.45, 7) is 2.27. The molecule has 7 heteroatoms. The van der Waals surface area contributed by atoms with E-state index < -0.39 is 0 Å². The number of aryl methyl sites for hydroxylation is 2. The van der Waals surface area contributed by atoms with Crippen molar-refractivity contribution in [2.75, 3.05) is 0 Å². The molecule has 33 heavy (non-hydrogen) atoms. The lowest BCUT2D eigenvalue weighted by Crippen LogP contribution is -2.22. The van der Waals surface area contributed by atoms with Crippen LogP contribution in [0.3, 0.4) is 0 Å². The first-order chi connectivity index (χ1) is 16.1. The Kier molecular flexibility index (Phi) is 6.04. The second-order valence-electron chi connectivity index (χ2n) is 7.89. The molecule has 5 rings (SSSR count). The van der Waals surface area contributed by atoms with Crippen LogP contribution in [0.2, 0.25) is 0 Å². The fourth-order valence-electron chi connectivity index (χ4n) is 3.72. The van der Waals surface area contributed by atoms with E-state index in [9.17, 15) is 4.79 Å². The van der Waals surface area contributed by atoms with Gasteiger partial charge in [-0.3, -0.25) is 9.78 Å². The smallest absolute Gasteiger partial charge is 0.278 e. The molecule has 0 saturated carbocycles. The van der Waals surface area contributed by atoms with Crippen LogP contribution in [-0.2, 0) is 13.0 Å². The van der Waals surface area contributed by atoms with Crippen molar-refractivity contribution in [3.63, 3.8) is 0 Å². The first kappa shape index (κ1) is 21.2. The highest BCUT2D eigenvalue weighted by Gasteiger charge is 2.22. The molecule has 2 aromatic heterocycles. The molecule has 0 radical (unpaired) electrons. The van der Waals surface area contributed by atoms with Crippen LogP contribution in [0.4, 0.5) is 0 Å². The van der Waals surface area contributed by atoms with Crippen molar-refractivity contribution < 1.29 is 14.3 Å². The Morgan fingerprint density at radius 2 is 2.00 bits per heavy atom. The number of benzene rings is 2. The van der Waals surface area contributed by atoms with Crippen molar-refractivity contribution in [3.05, 3.63) is 100 Å². The molecule has 1 N–H and O–H groups in total. The number of pyridine rings is 1. The molecule has 2 aromatic carbocycles. The van der Waals surface area contributed by atoms with Crippen LogP contribution in [0.1, 0.15) is 44.6 Å². The summed E-state index contributed by atoms with van der Waals surface area (Å²) >= 11 is 1.41. The molecule has 1 atom stereocenters. The minimum absolute atomic E-state index is 0.0814. The highest BCUT2D eigenvalue weighted by atomic mass is 32.1. The summed E-state index contributed by atoms with van der Waals surface area (Å²) in [4.78, 5) is 21.7. The molecule has 0 spiro atoms. The number of fused-ring (bicyclic) bond motifs is 1. The van der Waals surface area contributed by atoms with Gasteiger partial charge in [-0.15, -0.1) is 0 Å². The highest BCUT2D eigenvalue weighted by molar-refractivity contribution is 7.13. The van der Waals surface area contributed by atoms with Crippen molar-refractivity contribution in [1.82, 2.24) is 15.3 Å². The van der Waals surface area contributed by atoms with Gasteiger partial charge in [0.1, 0.15) is 17.6 Å². The van der Waals surface area contributed by atoms with Gasteiger partial charge >= 0.3 is 0 Å². The van der Waals surface area contributed by atoms with E-state index in [1.54, 1.807) is 18.5 Å². The molecule has 0 aliphatic carbocycles. The summed E-state index contributed by atoms with van der Waals surface area (Å²) in [6, 6.07) is 19.8. The number of hydrogen-bond acceptors (Lipinski definition) is 6. The number of carbonyl (C=O) groups is 1. The normalized spacial score (nSPS) is 14.8. The molecule has 0 bridgehead atoms. The predicted octanol–water partition coefficient (Wildman–Crippen LogP) is 5.64. The van der Waals surface area contributed by atoms with Crippen molar-refractivity contribution in [2.24, 2.45) is 0 Å². The van der Waals surface area contributed by atoms with E-state index in [-0.39, 0.29) is 12.0 Å². The summed E-state index contributed by atoms with van der Waals surface area (Å²) in [5.74, 6) is 1.46. The van der Waals surface area contributed by atoms with Gasteiger partial charge in [-0.05, 0) is 61.2 Å². The Hall–Kier alpha value is -3.71. The maximum absolute atomic E-state index is 12.3. The van der Waals surface area contributed by atoms with E-state index >= 15 is 0 Å². The first-order valence-corrected chi connectivity index (χ1v) is 11.6. The molecule has 0 fully saturated rings. The summed E-state index contributed by atoms with van der Waals surface area (Å²) in [7, 11) is 0. The molecule has 3 heterocycles. The third-order valence-electron chi connectivity index (χ3n) is 5.48. The number of amides is 1. The number of hydrogen-bond donors (Lipinski definition) is 1. The molecule has 1 unspecified atom stereocenters. The quantitative estimate of drug-likeness (QED) is 0.406. The lowest BCUT2D eigenvalue weighted by atomic mass is 9.97. The number of rotatable bonds is 6. The zero-order chi connectivity index (χ0) is 22.6. The van der Waals surface area contributed by atoms with Crippen molar-refractivity contribution >= 4 is 17.2 Å². The summed E-state index contributed by atoms with van der Waals surface area (Å²) in [5, 5.41) is 3.43. The summed E-state index contributed by atoms with van der Waals surface area (Å²) in [6.07, 6.45) is 5.23. The second-order valence-corrected chi connectivity index (χ2v) is 8.97. The van der Waals surface area contributed by atoms with Crippen LogP contribution in [-0.4, -0.2) is 15.9 Å². The summed E-state index contributed by atoms with van der Waals surface area (Å²) in [5.41, 5.74) is 3.74. The number of carbonyl (C=O) groups excluding carboxylic acids is 1. The van der Waals surface area contributed by atoms with Crippen molar-refractivity contribution in [1.29, 1.82) is 0 Å². The Bertz CT molecular complexity index is 1260. The second kappa shape index (κ2) is 9.42. The van der Waals surface area contributed by atoms with Gasteiger partial charge in [-0.1, -0.05) is 41.7 Å². The van der Waals surface area contributed by atoms with Crippen LogP contribution in [0.25, 0.3) is 0 Å². The Labute approximate surface area is 196 Å². The van der Waals surface area contributed by atoms with Gasteiger partial charge < -0.3 is 14.8 Å². The van der Waals surface area contributed by atoms with Crippen LogP contribution < -0.4 is 14.8 Å². The molecule has 1 aliphatic rings. The minimum Gasteiger partial charge on any atom is -0.485 e. The Morgan fingerprint density at radius 3 is 2.82 bits per heavy atom. The van der Waals surface area contributed by atoms with Gasteiger partial charge in [-0.2, -0.15) is 0 Å². The van der Waals surface area contributed by atoms with Crippen molar-refractivity contribution in [2.45, 2.75) is 32.4 Å². The number of ether oxygens (including phenoxy) is 2. The number of aromatic nitrogens is 2. The fourth-order valence-corrected chi connectivity index (χ4v) is 4.44. The standard InChI is InChI=1S/C26H23N3O3S/c1-17-7-8-20(14-27-17)25(30)28-15-22-16-29-26(33-22)31-21-10-12-24-19(13-21)9-11-23(32-24)18-5-3-2-4-6-18/h2-8,10,12-14,16,23H,9,11,15H2,1H3,(H,28,30). The van der Waals surface area contributed by atoms with Crippen LogP contribution in [0.5, 0.6) is 16.7 Å². The maximum atomic E-state index is 12.3. The minimum atomic E-state index is -0.165. The molecular formula is C26H23N3O3S. The molecular weight excluding hydrogens is 434 g/mol. The molecule has 4 aromatic rings. The lowest BCUT2D eigenvalue weighted by Gasteiger charge is -2.26. The van der Waals surface area contributed by atoms with E-state index in [1.807, 2.05) is 49.4 Å². The van der Waals surface area contributed by atoms with Crippen LogP contribution >= 0.6 is 11.3 Å². The molecule has 6 nitrogen and oxygen atoms in total. The average molecular weight is 458 g/mol. The van der Waals surface area contributed by atoms with Gasteiger partial charge in [0.2, 0.25) is 0 Å². The van der Waals surface area contributed by atoms with Crippen LogP contribution in [0.15, 0.2) is 73.1 Å². The SMILES string of the molecule is Cc1ccc(C(=O)NCc2cnc(Oc3ccc4c(c3)CCC(c3ccccc3)O4)s2)cn1. The van der Waals surface area contributed by atoms with E-state index in [4.69, 9.17) is 9.47 Å². The van der Waals surface area contributed by atoms with E-state index in [0.717, 1.165) is 40.5 Å². The Balaban J connectivity index is 1.19. The topological polar surface area (TPSA) is 73.3 Å². The molecule has 1 aliphatic heterocycles. The van der Waals surface area contributed by atoms with E-state index in [2.05, 4.69) is 27.4 Å². The maximum Gasteiger partial charge on any atom is 0.278 e. The monoisotopic (exact) mass is 457 g/mol. The van der Waals surface area contributed by atoms with Gasteiger partial charge in [-0.25, -0.2) is 4.98 Å². The Morgan fingerprint density at radius 1 is 1.12 bits per heavy atom. The van der Waals surface area contributed by atoms with Crippen LogP contribution in [0, 0.1) is 6.92 Å². The molecule has 0 saturated heterocycles. The van der Waals surface area contributed by atoms with Gasteiger partial charge in [0.15, 0.2) is 0 Å². The third-order valence-corrected chi connectivity index (χ3v) is 6.36.